The molecular formula is C14H11F2N3O. The van der Waals surface area contributed by atoms with Crippen LogP contribution in [0.25, 0.3) is 22.6 Å². The highest BCUT2D eigenvalue weighted by Gasteiger charge is 2.15. The highest BCUT2D eigenvalue weighted by Crippen LogP contribution is 2.25. The largest absolute Gasteiger partial charge is 0.478 e. The van der Waals surface area contributed by atoms with Crippen LogP contribution in [0.1, 0.15) is 6.92 Å². The van der Waals surface area contributed by atoms with Crippen molar-refractivity contribution in [1.29, 1.82) is 0 Å². The molecule has 102 valence electrons. The van der Waals surface area contributed by atoms with Crippen LogP contribution < -0.4 is 4.74 Å². The van der Waals surface area contributed by atoms with Crippen molar-refractivity contribution in [2.75, 3.05) is 6.61 Å². The normalized spacial score (nSPS) is 10.9. The maximum atomic E-state index is 13.7. The fraction of sp³-hybridized carbons (Fsp3) is 0.143. The summed E-state index contributed by atoms with van der Waals surface area (Å²) < 4.78 is 32.7. The molecule has 0 radical (unpaired) electrons. The molecule has 0 unspecified atom stereocenters. The number of aromatic nitrogens is 3. The molecule has 6 heteroatoms. The summed E-state index contributed by atoms with van der Waals surface area (Å²) in [7, 11) is 0. The Morgan fingerprint density at radius 2 is 1.85 bits per heavy atom. The van der Waals surface area contributed by atoms with Crippen molar-refractivity contribution in [3.8, 4) is 17.3 Å². The van der Waals surface area contributed by atoms with Gasteiger partial charge in [0.2, 0.25) is 5.88 Å². The molecule has 1 aromatic carbocycles. The third-order valence-corrected chi connectivity index (χ3v) is 2.81. The summed E-state index contributed by atoms with van der Waals surface area (Å²) in [5.74, 6) is -0.813. The van der Waals surface area contributed by atoms with Crippen LogP contribution in [0.4, 0.5) is 8.78 Å². The number of pyridine rings is 1. The number of fused-ring (bicyclic) bond motifs is 1. The minimum absolute atomic E-state index is 0.108. The SMILES string of the molecule is CCOc1ccc2[nH]c(-c3c(F)cccc3F)nc2n1. The molecule has 3 rings (SSSR count). The molecule has 20 heavy (non-hydrogen) atoms. The number of hydrogen-bond acceptors (Lipinski definition) is 3. The Kier molecular flexibility index (Phi) is 3.06. The fourth-order valence-corrected chi connectivity index (χ4v) is 1.95. The standard InChI is InChI=1S/C14H11F2N3O/c1-2-20-11-7-6-10-13(18-11)19-14(17-10)12-8(15)4-3-5-9(12)16/h3-7H,2H2,1H3,(H,17,18,19). The number of imidazole rings is 1. The van der Waals surface area contributed by atoms with E-state index in [-0.39, 0.29) is 11.4 Å². The topological polar surface area (TPSA) is 50.8 Å². The molecule has 0 bridgehead atoms. The molecule has 2 heterocycles. The monoisotopic (exact) mass is 275 g/mol. The average molecular weight is 275 g/mol. The van der Waals surface area contributed by atoms with Crippen LogP contribution in [-0.4, -0.2) is 21.6 Å². The summed E-state index contributed by atoms with van der Waals surface area (Å²) in [5.41, 5.74) is 0.753. The zero-order chi connectivity index (χ0) is 14.1. The van der Waals surface area contributed by atoms with Gasteiger partial charge in [0.15, 0.2) is 5.65 Å². The van der Waals surface area contributed by atoms with Gasteiger partial charge in [0, 0.05) is 6.07 Å². The Morgan fingerprint density at radius 3 is 2.55 bits per heavy atom. The molecule has 2 aromatic heterocycles. The number of halogens is 2. The van der Waals surface area contributed by atoms with E-state index in [9.17, 15) is 8.78 Å². The summed E-state index contributed by atoms with van der Waals surface area (Å²) in [4.78, 5) is 11.1. The third-order valence-electron chi connectivity index (χ3n) is 2.81. The number of ether oxygens (including phenoxy) is 1. The summed E-state index contributed by atoms with van der Waals surface area (Å²) >= 11 is 0. The van der Waals surface area contributed by atoms with E-state index in [1.165, 1.54) is 18.2 Å². The second kappa shape index (κ2) is 4.88. The Bertz CT molecular complexity index is 750. The molecule has 4 nitrogen and oxygen atoms in total. The number of aromatic amines is 1. The molecule has 0 atom stereocenters. The minimum Gasteiger partial charge on any atom is -0.478 e. The first-order valence-electron chi connectivity index (χ1n) is 6.13. The van der Waals surface area contributed by atoms with Crippen molar-refractivity contribution in [2.45, 2.75) is 6.92 Å². The van der Waals surface area contributed by atoms with Gasteiger partial charge in [-0.25, -0.2) is 13.8 Å². The molecule has 1 N–H and O–H groups in total. The zero-order valence-corrected chi connectivity index (χ0v) is 10.7. The maximum Gasteiger partial charge on any atom is 0.215 e. The number of benzene rings is 1. The summed E-state index contributed by atoms with van der Waals surface area (Å²) in [5, 5.41) is 0. The Hall–Kier alpha value is -2.50. The van der Waals surface area contributed by atoms with Crippen molar-refractivity contribution < 1.29 is 13.5 Å². The number of hydrogen-bond donors (Lipinski definition) is 1. The second-order valence-electron chi connectivity index (χ2n) is 4.14. The molecule has 0 saturated heterocycles. The molecule has 3 aromatic rings. The van der Waals surface area contributed by atoms with Crippen LogP contribution in [0.15, 0.2) is 30.3 Å². The van der Waals surface area contributed by atoms with Crippen LogP contribution in [0.5, 0.6) is 5.88 Å². The molecular weight excluding hydrogens is 264 g/mol. The van der Waals surface area contributed by atoms with Gasteiger partial charge >= 0.3 is 0 Å². The van der Waals surface area contributed by atoms with Crippen molar-refractivity contribution in [3.63, 3.8) is 0 Å². The summed E-state index contributed by atoms with van der Waals surface area (Å²) in [6.45, 7) is 2.33. The van der Waals surface area contributed by atoms with Gasteiger partial charge in [-0.15, -0.1) is 0 Å². The second-order valence-corrected chi connectivity index (χ2v) is 4.14. The fourth-order valence-electron chi connectivity index (χ4n) is 1.95. The predicted molar refractivity (Wildman–Crippen MR) is 70.4 cm³/mol. The van der Waals surface area contributed by atoms with Crippen LogP contribution in [-0.2, 0) is 0 Å². The van der Waals surface area contributed by atoms with E-state index in [0.717, 1.165) is 0 Å². The molecule has 0 fully saturated rings. The van der Waals surface area contributed by atoms with Crippen molar-refractivity contribution >= 4 is 11.2 Å². The Balaban J connectivity index is 2.13. The van der Waals surface area contributed by atoms with Gasteiger partial charge in [-0.1, -0.05) is 6.07 Å². The van der Waals surface area contributed by atoms with E-state index in [4.69, 9.17) is 4.74 Å². The van der Waals surface area contributed by atoms with Crippen LogP contribution >= 0.6 is 0 Å². The molecule has 0 aliphatic heterocycles. The van der Waals surface area contributed by atoms with Crippen molar-refractivity contribution in [3.05, 3.63) is 42.0 Å². The quantitative estimate of drug-likeness (QED) is 0.798. The number of nitrogens with zero attached hydrogens (tertiary/aromatic N) is 2. The van der Waals surface area contributed by atoms with Crippen LogP contribution in [0, 0.1) is 11.6 Å². The molecule has 0 aliphatic rings. The predicted octanol–water partition coefficient (Wildman–Crippen LogP) is 3.30. The van der Waals surface area contributed by atoms with E-state index in [0.29, 0.717) is 23.7 Å². The molecule has 0 spiro atoms. The van der Waals surface area contributed by atoms with E-state index >= 15 is 0 Å². The van der Waals surface area contributed by atoms with E-state index < -0.39 is 11.6 Å². The van der Waals surface area contributed by atoms with E-state index in [1.54, 1.807) is 12.1 Å². The molecule has 0 aliphatic carbocycles. The maximum absolute atomic E-state index is 13.7. The smallest absolute Gasteiger partial charge is 0.215 e. The van der Waals surface area contributed by atoms with Gasteiger partial charge in [-0.05, 0) is 25.1 Å². The van der Waals surface area contributed by atoms with Gasteiger partial charge in [0.1, 0.15) is 17.5 Å². The van der Waals surface area contributed by atoms with Crippen molar-refractivity contribution in [1.82, 2.24) is 15.0 Å². The van der Waals surface area contributed by atoms with Gasteiger partial charge < -0.3 is 9.72 Å². The minimum atomic E-state index is -0.672. The number of rotatable bonds is 3. The summed E-state index contributed by atoms with van der Waals surface area (Å²) in [6.07, 6.45) is 0. The lowest BCUT2D eigenvalue weighted by Gasteiger charge is -1.99. The van der Waals surface area contributed by atoms with Gasteiger partial charge in [-0.3, -0.25) is 0 Å². The Labute approximate surface area is 113 Å². The molecule has 0 amide bonds. The third kappa shape index (κ3) is 2.09. The number of nitrogens with one attached hydrogen (secondary N) is 1. The highest BCUT2D eigenvalue weighted by atomic mass is 19.1. The Morgan fingerprint density at radius 1 is 1.10 bits per heavy atom. The van der Waals surface area contributed by atoms with Gasteiger partial charge in [-0.2, -0.15) is 4.98 Å². The number of H-pyrrole nitrogens is 1. The average Bonchev–Trinajstić information content (AvgIpc) is 2.81. The van der Waals surface area contributed by atoms with Crippen LogP contribution in [0.3, 0.4) is 0 Å². The van der Waals surface area contributed by atoms with Crippen LogP contribution in [0.2, 0.25) is 0 Å². The van der Waals surface area contributed by atoms with E-state index in [1.807, 2.05) is 6.92 Å². The lowest BCUT2D eigenvalue weighted by molar-refractivity contribution is 0.328. The summed E-state index contributed by atoms with van der Waals surface area (Å²) in [6, 6.07) is 7.06. The highest BCUT2D eigenvalue weighted by molar-refractivity contribution is 5.76. The molecule has 0 saturated carbocycles. The first kappa shape index (κ1) is 12.5. The van der Waals surface area contributed by atoms with E-state index in [2.05, 4.69) is 15.0 Å². The van der Waals surface area contributed by atoms with Crippen molar-refractivity contribution in [2.24, 2.45) is 0 Å². The zero-order valence-electron chi connectivity index (χ0n) is 10.7. The lowest BCUT2D eigenvalue weighted by Crippen LogP contribution is -1.93. The van der Waals surface area contributed by atoms with Gasteiger partial charge in [0.05, 0.1) is 17.7 Å². The van der Waals surface area contributed by atoms with Gasteiger partial charge in [0.25, 0.3) is 0 Å². The first-order valence-corrected chi connectivity index (χ1v) is 6.13. The first-order chi connectivity index (χ1) is 9.69. The lowest BCUT2D eigenvalue weighted by atomic mass is 10.2.